The lowest BCUT2D eigenvalue weighted by Crippen LogP contribution is -2.65. The first-order valence-electron chi connectivity index (χ1n) is 12.4. The van der Waals surface area contributed by atoms with E-state index in [1.807, 2.05) is 4.90 Å². The molecule has 0 aromatic carbocycles. The number of hydrogen-bond acceptors (Lipinski definition) is 7. The van der Waals surface area contributed by atoms with Gasteiger partial charge >= 0.3 is 5.97 Å². The van der Waals surface area contributed by atoms with Crippen LogP contribution in [0.2, 0.25) is 0 Å². The highest BCUT2D eigenvalue weighted by atomic mass is 35.5. The van der Waals surface area contributed by atoms with Crippen LogP contribution in [0.1, 0.15) is 57.8 Å². The van der Waals surface area contributed by atoms with Crippen LogP contribution in [0.4, 0.5) is 0 Å². The topological polar surface area (TPSA) is 141 Å². The number of nitrogens with zero attached hydrogens (tertiary/aromatic N) is 2. The van der Waals surface area contributed by atoms with Gasteiger partial charge < -0.3 is 30.5 Å². The summed E-state index contributed by atoms with van der Waals surface area (Å²) < 4.78 is 12.0. The van der Waals surface area contributed by atoms with E-state index in [4.69, 9.17) is 20.6 Å². The fourth-order valence-electron chi connectivity index (χ4n) is 5.64. The lowest BCUT2D eigenvalue weighted by molar-refractivity contribution is -0.148. The molecule has 0 saturated carbocycles. The third kappa shape index (κ3) is 8.16. The molecular weight excluding hydrogens is 497 g/mol. The molecule has 12 heteroatoms. The lowest BCUT2D eigenvalue weighted by Gasteiger charge is -2.51. The molecule has 0 spiro atoms. The van der Waals surface area contributed by atoms with E-state index < -0.39 is 17.6 Å². The van der Waals surface area contributed by atoms with Gasteiger partial charge in [0.15, 0.2) is 11.7 Å². The average molecular weight is 541 g/mol. The summed E-state index contributed by atoms with van der Waals surface area (Å²) in [7, 11) is 1.75. The molecular formula is C23H43Cl2N5O5. The lowest BCUT2D eigenvalue weighted by atomic mass is 9.76. The van der Waals surface area contributed by atoms with Gasteiger partial charge in [0.1, 0.15) is 0 Å². The van der Waals surface area contributed by atoms with E-state index in [1.165, 1.54) is 0 Å². The van der Waals surface area contributed by atoms with Crippen molar-refractivity contribution in [2.24, 2.45) is 5.73 Å². The molecule has 2 unspecified atom stereocenters. The largest absolute Gasteiger partial charge is 0.481 e. The number of ketones is 1. The average Bonchev–Trinajstić information content (AvgIpc) is 2.83. The van der Waals surface area contributed by atoms with Crippen LogP contribution in [-0.2, 0) is 19.1 Å². The van der Waals surface area contributed by atoms with Crippen molar-refractivity contribution in [2.45, 2.75) is 81.5 Å². The van der Waals surface area contributed by atoms with Crippen molar-refractivity contribution in [3.8, 4) is 0 Å². The zero-order valence-corrected chi connectivity index (χ0v) is 22.3. The number of piperidine rings is 2. The number of Topliss-reactive ketones (excluding diaryl/α,β-unsaturated/α-hetero) is 1. The highest BCUT2D eigenvalue weighted by Gasteiger charge is 2.49. The zero-order chi connectivity index (χ0) is 23.8. The Morgan fingerprint density at radius 3 is 2.51 bits per heavy atom. The van der Waals surface area contributed by atoms with E-state index in [0.717, 1.165) is 64.8 Å². The van der Waals surface area contributed by atoms with E-state index >= 15 is 0 Å². The quantitative estimate of drug-likeness (QED) is 0.254. The van der Waals surface area contributed by atoms with Crippen LogP contribution in [0.3, 0.4) is 0 Å². The van der Waals surface area contributed by atoms with Crippen LogP contribution in [-0.4, -0.2) is 103 Å². The first kappa shape index (κ1) is 31.9. The fourth-order valence-corrected chi connectivity index (χ4v) is 5.64. The highest BCUT2D eigenvalue weighted by molar-refractivity contribution is 5.95. The second kappa shape index (κ2) is 15.2. The van der Waals surface area contributed by atoms with Crippen molar-refractivity contribution in [1.29, 1.82) is 5.41 Å². The molecule has 3 heterocycles. The molecule has 10 nitrogen and oxygen atoms in total. The molecule has 3 rings (SSSR count). The standard InChI is InChI=1S/C23H41N5O5.2ClH/c1-26-22(25)27-11-6-18(7-12-27)33-14-9-23(21(31)19(24)15-20(29)30)8-2-3-10-28(23)17-5-4-13-32-16-17;;/h17-19H,2-16,24H2,1H3,(H2,25,26)(H,29,30);2*1H/t17?,19?,23-;;/m0../s1. The van der Waals surface area contributed by atoms with E-state index in [0.29, 0.717) is 32.0 Å². The Morgan fingerprint density at radius 1 is 1.20 bits per heavy atom. The number of carbonyl (C=O) groups excluding carboxylic acids is 1. The van der Waals surface area contributed by atoms with E-state index in [2.05, 4.69) is 10.2 Å². The molecule has 3 fully saturated rings. The van der Waals surface area contributed by atoms with E-state index in [9.17, 15) is 14.7 Å². The summed E-state index contributed by atoms with van der Waals surface area (Å²) in [6.45, 7) is 4.11. The van der Waals surface area contributed by atoms with Crippen molar-refractivity contribution >= 4 is 42.5 Å². The van der Waals surface area contributed by atoms with Crippen molar-refractivity contribution < 1.29 is 24.2 Å². The highest BCUT2D eigenvalue weighted by Crippen LogP contribution is 2.37. The number of aliphatic carboxylic acids is 1. The molecule has 0 aromatic rings. The van der Waals surface area contributed by atoms with Gasteiger partial charge in [-0.3, -0.25) is 19.9 Å². The van der Waals surface area contributed by atoms with Gasteiger partial charge in [0, 0.05) is 39.4 Å². The van der Waals surface area contributed by atoms with Gasteiger partial charge in [-0.2, -0.15) is 0 Å². The Balaban J connectivity index is 0.00000306. The van der Waals surface area contributed by atoms with Crippen LogP contribution in [0.5, 0.6) is 0 Å². The Labute approximate surface area is 220 Å². The maximum Gasteiger partial charge on any atom is 0.305 e. The first-order valence-corrected chi connectivity index (χ1v) is 12.4. The summed E-state index contributed by atoms with van der Waals surface area (Å²) in [6.07, 6.45) is 6.47. The molecule has 0 aromatic heterocycles. The third-order valence-electron chi connectivity index (χ3n) is 7.42. The molecule has 3 aliphatic heterocycles. The number of ether oxygens (including phenoxy) is 2. The Kier molecular flexibility index (Phi) is 13.8. The van der Waals surface area contributed by atoms with Gasteiger partial charge in [-0.1, -0.05) is 0 Å². The molecule has 3 aliphatic rings. The monoisotopic (exact) mass is 539 g/mol. The van der Waals surface area contributed by atoms with Crippen molar-refractivity contribution in [1.82, 2.24) is 15.1 Å². The minimum atomic E-state index is -1.05. The van der Waals surface area contributed by atoms with E-state index in [1.54, 1.807) is 7.05 Å². The SMILES string of the molecule is CNC(=N)N1CCC(OCC[C@]2(C(=O)C(N)CC(=O)O)CCCCN2C2CCCOC2)CC1.Cl.Cl. The number of likely N-dealkylation sites (tertiary alicyclic amines) is 2. The molecule has 35 heavy (non-hydrogen) atoms. The number of carboxylic acid groups (broad SMARTS) is 1. The number of carboxylic acids is 1. The molecule has 5 N–H and O–H groups in total. The summed E-state index contributed by atoms with van der Waals surface area (Å²) >= 11 is 0. The predicted molar refractivity (Wildman–Crippen MR) is 139 cm³/mol. The van der Waals surface area contributed by atoms with Crippen LogP contribution < -0.4 is 11.1 Å². The maximum atomic E-state index is 13.7. The summed E-state index contributed by atoms with van der Waals surface area (Å²) in [5.74, 6) is -0.793. The summed E-state index contributed by atoms with van der Waals surface area (Å²) in [6, 6.07) is -0.876. The summed E-state index contributed by atoms with van der Waals surface area (Å²) in [5.41, 5.74) is 5.34. The first-order chi connectivity index (χ1) is 15.9. The van der Waals surface area contributed by atoms with Gasteiger partial charge in [0.2, 0.25) is 0 Å². The van der Waals surface area contributed by atoms with Crippen LogP contribution >= 0.6 is 24.8 Å². The number of nitrogens with one attached hydrogen (secondary N) is 2. The second-order valence-electron chi connectivity index (χ2n) is 9.53. The Bertz CT molecular complexity index is 689. The van der Waals surface area contributed by atoms with Gasteiger partial charge in [0.05, 0.1) is 30.7 Å². The number of carbonyl (C=O) groups is 2. The molecule has 0 aliphatic carbocycles. The van der Waals surface area contributed by atoms with Crippen molar-refractivity contribution in [3.05, 3.63) is 0 Å². The normalized spacial score (nSPS) is 26.7. The van der Waals surface area contributed by atoms with Gasteiger partial charge in [0.25, 0.3) is 0 Å². The number of nitrogens with two attached hydrogens (primary N) is 1. The van der Waals surface area contributed by atoms with Crippen molar-refractivity contribution in [2.75, 3.05) is 46.5 Å². The zero-order valence-electron chi connectivity index (χ0n) is 20.7. The Hall–Kier alpha value is -1.17. The molecule has 204 valence electrons. The molecule has 3 saturated heterocycles. The minimum absolute atomic E-state index is 0. The van der Waals surface area contributed by atoms with Crippen molar-refractivity contribution in [3.63, 3.8) is 0 Å². The summed E-state index contributed by atoms with van der Waals surface area (Å²) in [5, 5.41) is 20.0. The number of halogens is 2. The molecule has 0 amide bonds. The molecule has 0 radical (unpaired) electrons. The smallest absolute Gasteiger partial charge is 0.305 e. The van der Waals surface area contributed by atoms with Crippen LogP contribution in [0, 0.1) is 5.41 Å². The van der Waals surface area contributed by atoms with Crippen LogP contribution in [0.15, 0.2) is 0 Å². The van der Waals surface area contributed by atoms with Gasteiger partial charge in [-0.15, -0.1) is 24.8 Å². The third-order valence-corrected chi connectivity index (χ3v) is 7.42. The maximum absolute atomic E-state index is 13.7. The molecule has 3 atom stereocenters. The number of guanidine groups is 1. The van der Waals surface area contributed by atoms with Gasteiger partial charge in [-0.25, -0.2) is 0 Å². The Morgan fingerprint density at radius 2 is 1.91 bits per heavy atom. The number of hydrogen-bond donors (Lipinski definition) is 4. The summed E-state index contributed by atoms with van der Waals surface area (Å²) in [4.78, 5) is 29.2. The minimum Gasteiger partial charge on any atom is -0.481 e. The predicted octanol–water partition coefficient (Wildman–Crippen LogP) is 1.63. The molecule has 0 bridgehead atoms. The second-order valence-corrected chi connectivity index (χ2v) is 9.53. The van der Waals surface area contributed by atoms with E-state index in [-0.39, 0.29) is 49.2 Å². The van der Waals surface area contributed by atoms with Gasteiger partial charge in [-0.05, 0) is 57.9 Å². The fraction of sp³-hybridized carbons (Fsp3) is 0.870. The van der Waals surface area contributed by atoms with Crippen LogP contribution in [0.25, 0.3) is 0 Å². The number of rotatable bonds is 9.